The first kappa shape index (κ1) is 17.3. The maximum absolute atomic E-state index is 13.0. The van der Waals surface area contributed by atoms with Crippen molar-refractivity contribution in [1.82, 2.24) is 9.97 Å². The van der Waals surface area contributed by atoms with Gasteiger partial charge in [-0.2, -0.15) is 9.97 Å². The quantitative estimate of drug-likeness (QED) is 0.380. The molecular weight excluding hydrogens is 319 g/mol. The SMILES string of the molecule is COCCCNc1nc(N)c([N+](=O)[O-])c(Nc2ccc(F)cc2)n1. The molecular formula is C14H17FN6O3. The average molecular weight is 336 g/mol. The lowest BCUT2D eigenvalue weighted by Crippen LogP contribution is -2.12. The van der Waals surface area contributed by atoms with E-state index in [1.54, 1.807) is 7.11 Å². The number of nitrogen functional groups attached to an aromatic ring is 1. The summed E-state index contributed by atoms with van der Waals surface area (Å²) in [5.41, 5.74) is 5.66. The summed E-state index contributed by atoms with van der Waals surface area (Å²) < 4.78 is 17.9. The smallest absolute Gasteiger partial charge is 0.353 e. The Hall–Kier alpha value is -3.01. The van der Waals surface area contributed by atoms with E-state index in [4.69, 9.17) is 10.5 Å². The largest absolute Gasteiger partial charge is 0.385 e. The van der Waals surface area contributed by atoms with E-state index in [0.29, 0.717) is 25.3 Å². The lowest BCUT2D eigenvalue weighted by Gasteiger charge is -2.10. The Balaban J connectivity index is 2.26. The minimum atomic E-state index is -0.671. The number of benzene rings is 1. The number of aromatic nitrogens is 2. The fourth-order valence-corrected chi connectivity index (χ4v) is 1.91. The second kappa shape index (κ2) is 8.02. The molecule has 0 aliphatic carbocycles. The molecule has 2 rings (SSSR count). The number of anilines is 4. The third kappa shape index (κ3) is 4.49. The topological polar surface area (TPSA) is 128 Å². The molecule has 4 N–H and O–H groups in total. The Morgan fingerprint density at radius 1 is 1.33 bits per heavy atom. The van der Waals surface area contributed by atoms with E-state index in [9.17, 15) is 14.5 Å². The van der Waals surface area contributed by atoms with E-state index in [2.05, 4.69) is 20.6 Å². The molecule has 1 aromatic carbocycles. The summed E-state index contributed by atoms with van der Waals surface area (Å²) in [4.78, 5) is 18.5. The Kier molecular flexibility index (Phi) is 5.79. The normalized spacial score (nSPS) is 10.4. The van der Waals surface area contributed by atoms with Crippen LogP contribution in [0.3, 0.4) is 0 Å². The third-order valence-electron chi connectivity index (χ3n) is 3.01. The van der Waals surface area contributed by atoms with E-state index in [1.165, 1.54) is 24.3 Å². The fraction of sp³-hybridized carbons (Fsp3) is 0.286. The maximum atomic E-state index is 13.0. The summed E-state index contributed by atoms with van der Waals surface area (Å²) >= 11 is 0. The predicted molar refractivity (Wildman–Crippen MR) is 87.8 cm³/mol. The molecule has 10 heteroatoms. The number of rotatable bonds is 8. The Morgan fingerprint density at radius 3 is 2.67 bits per heavy atom. The highest BCUT2D eigenvalue weighted by atomic mass is 19.1. The zero-order valence-corrected chi connectivity index (χ0v) is 13.0. The van der Waals surface area contributed by atoms with Crippen molar-refractivity contribution < 1.29 is 14.1 Å². The molecule has 0 saturated heterocycles. The number of ether oxygens (including phenoxy) is 1. The molecule has 1 heterocycles. The van der Waals surface area contributed by atoms with Crippen LogP contribution in [0.4, 0.5) is 33.3 Å². The van der Waals surface area contributed by atoms with Crippen LogP contribution in [0.25, 0.3) is 0 Å². The number of hydrogen-bond acceptors (Lipinski definition) is 8. The van der Waals surface area contributed by atoms with E-state index in [-0.39, 0.29) is 17.6 Å². The van der Waals surface area contributed by atoms with Gasteiger partial charge < -0.3 is 21.1 Å². The Labute approximate surface area is 137 Å². The first-order valence-corrected chi connectivity index (χ1v) is 7.08. The van der Waals surface area contributed by atoms with Crippen LogP contribution in [0, 0.1) is 15.9 Å². The molecule has 0 fully saturated rings. The lowest BCUT2D eigenvalue weighted by atomic mass is 10.3. The van der Waals surface area contributed by atoms with E-state index in [0.717, 1.165) is 0 Å². The number of methoxy groups -OCH3 is 1. The van der Waals surface area contributed by atoms with Gasteiger partial charge in [-0.1, -0.05) is 0 Å². The van der Waals surface area contributed by atoms with E-state index < -0.39 is 16.4 Å². The highest BCUT2D eigenvalue weighted by Crippen LogP contribution is 2.31. The number of hydrogen-bond donors (Lipinski definition) is 3. The molecule has 2 aromatic rings. The van der Waals surface area contributed by atoms with Crippen LogP contribution in [0.1, 0.15) is 6.42 Å². The highest BCUT2D eigenvalue weighted by Gasteiger charge is 2.23. The lowest BCUT2D eigenvalue weighted by molar-refractivity contribution is -0.383. The molecule has 0 atom stereocenters. The molecule has 9 nitrogen and oxygen atoms in total. The minimum Gasteiger partial charge on any atom is -0.385 e. The summed E-state index contributed by atoms with van der Waals surface area (Å²) in [6, 6.07) is 5.32. The van der Waals surface area contributed by atoms with Gasteiger partial charge in [-0.3, -0.25) is 10.1 Å². The third-order valence-corrected chi connectivity index (χ3v) is 3.01. The van der Waals surface area contributed by atoms with Crippen LogP contribution in [-0.4, -0.2) is 35.2 Å². The van der Waals surface area contributed by atoms with Gasteiger partial charge in [0.15, 0.2) is 0 Å². The van der Waals surface area contributed by atoms with Crippen molar-refractivity contribution in [1.29, 1.82) is 0 Å². The number of halogens is 1. The second-order valence-corrected chi connectivity index (χ2v) is 4.79. The van der Waals surface area contributed by atoms with Crippen LogP contribution in [0.2, 0.25) is 0 Å². The van der Waals surface area contributed by atoms with E-state index >= 15 is 0 Å². The van der Waals surface area contributed by atoms with Gasteiger partial charge in [0.2, 0.25) is 17.6 Å². The standard InChI is InChI=1S/C14H17FN6O3/c1-24-8-2-7-17-14-19-12(16)11(21(22)23)13(20-14)18-10-5-3-9(15)4-6-10/h3-6H,2,7-8H2,1H3,(H4,16,17,18,19,20). The number of nitrogens with one attached hydrogen (secondary N) is 2. The Bertz CT molecular complexity index is 710. The van der Waals surface area contributed by atoms with Gasteiger partial charge in [-0.15, -0.1) is 0 Å². The van der Waals surface area contributed by atoms with Crippen molar-refractivity contribution >= 4 is 29.0 Å². The molecule has 0 radical (unpaired) electrons. The van der Waals surface area contributed by atoms with Gasteiger partial charge in [-0.25, -0.2) is 4.39 Å². The molecule has 0 bridgehead atoms. The fourth-order valence-electron chi connectivity index (χ4n) is 1.91. The highest BCUT2D eigenvalue weighted by molar-refractivity contribution is 5.74. The zero-order chi connectivity index (χ0) is 17.5. The first-order chi connectivity index (χ1) is 11.5. The van der Waals surface area contributed by atoms with Crippen molar-refractivity contribution in [2.45, 2.75) is 6.42 Å². The molecule has 0 aliphatic rings. The number of nitro groups is 1. The van der Waals surface area contributed by atoms with Crippen LogP contribution in [0.15, 0.2) is 24.3 Å². The molecule has 0 aliphatic heterocycles. The van der Waals surface area contributed by atoms with Gasteiger partial charge in [0, 0.05) is 25.9 Å². The van der Waals surface area contributed by atoms with Gasteiger partial charge in [0.25, 0.3) is 0 Å². The van der Waals surface area contributed by atoms with Gasteiger partial charge in [0.05, 0.1) is 4.92 Å². The molecule has 0 spiro atoms. The van der Waals surface area contributed by atoms with Crippen molar-refractivity contribution in [2.75, 3.05) is 36.6 Å². The van der Waals surface area contributed by atoms with Gasteiger partial charge in [0.1, 0.15) is 5.82 Å². The second-order valence-electron chi connectivity index (χ2n) is 4.79. The number of nitrogens with two attached hydrogens (primary N) is 1. The molecule has 128 valence electrons. The zero-order valence-electron chi connectivity index (χ0n) is 13.0. The minimum absolute atomic E-state index is 0.0756. The van der Waals surface area contributed by atoms with Crippen molar-refractivity contribution in [3.8, 4) is 0 Å². The van der Waals surface area contributed by atoms with E-state index in [1.807, 2.05) is 0 Å². The summed E-state index contributed by atoms with van der Waals surface area (Å²) in [7, 11) is 1.59. The molecule has 0 amide bonds. The van der Waals surface area contributed by atoms with Crippen LogP contribution in [-0.2, 0) is 4.74 Å². The van der Waals surface area contributed by atoms with Gasteiger partial charge in [-0.05, 0) is 30.7 Å². The summed E-state index contributed by atoms with van der Waals surface area (Å²) in [5.74, 6) is -0.612. The number of nitrogens with zero attached hydrogens (tertiary/aromatic N) is 3. The van der Waals surface area contributed by atoms with Gasteiger partial charge >= 0.3 is 5.69 Å². The van der Waals surface area contributed by atoms with Crippen LogP contribution < -0.4 is 16.4 Å². The molecule has 1 aromatic heterocycles. The summed E-state index contributed by atoms with van der Waals surface area (Å²) in [6.07, 6.45) is 0.706. The predicted octanol–water partition coefficient (Wildman–Crippen LogP) is 2.30. The van der Waals surface area contributed by atoms with Crippen molar-refractivity contribution in [3.05, 3.63) is 40.2 Å². The first-order valence-electron chi connectivity index (χ1n) is 7.08. The van der Waals surface area contributed by atoms with Crippen LogP contribution >= 0.6 is 0 Å². The van der Waals surface area contributed by atoms with Crippen LogP contribution in [0.5, 0.6) is 0 Å². The average Bonchev–Trinajstić information content (AvgIpc) is 2.53. The molecule has 0 unspecified atom stereocenters. The molecule has 0 saturated carbocycles. The van der Waals surface area contributed by atoms with Crippen molar-refractivity contribution in [2.24, 2.45) is 0 Å². The van der Waals surface area contributed by atoms with Crippen molar-refractivity contribution in [3.63, 3.8) is 0 Å². The summed E-state index contributed by atoms with van der Waals surface area (Å²) in [6.45, 7) is 1.07. The summed E-state index contributed by atoms with van der Waals surface area (Å²) in [5, 5.41) is 16.9. The monoisotopic (exact) mass is 336 g/mol. The molecule has 24 heavy (non-hydrogen) atoms. The maximum Gasteiger partial charge on any atom is 0.353 e. The Morgan fingerprint density at radius 2 is 2.04 bits per heavy atom.